The van der Waals surface area contributed by atoms with Gasteiger partial charge in [-0.15, -0.1) is 0 Å². The van der Waals surface area contributed by atoms with Crippen molar-refractivity contribution in [3.05, 3.63) is 72.2 Å². The van der Waals surface area contributed by atoms with Gasteiger partial charge in [0.15, 0.2) is 0 Å². The van der Waals surface area contributed by atoms with E-state index >= 15 is 0 Å². The summed E-state index contributed by atoms with van der Waals surface area (Å²) in [5.74, 6) is -0.108. The maximum atomic E-state index is 12.7. The van der Waals surface area contributed by atoms with Crippen LogP contribution in [0.1, 0.15) is 15.9 Å². The Kier molecular flexibility index (Phi) is 4.16. The van der Waals surface area contributed by atoms with Crippen molar-refractivity contribution in [1.82, 2.24) is 14.3 Å². The molecular weight excluding hydrogens is 278 g/mol. The van der Waals surface area contributed by atoms with Gasteiger partial charge in [0.2, 0.25) is 0 Å². The number of aromatic nitrogens is 2. The summed E-state index contributed by atoms with van der Waals surface area (Å²) in [6.45, 7) is 0.706. The van der Waals surface area contributed by atoms with Crippen LogP contribution in [0.25, 0.3) is 5.65 Å². The number of hydrogen-bond donors (Lipinski definition) is 1. The normalized spacial score (nSPS) is 10.8. The van der Waals surface area contributed by atoms with Gasteiger partial charge in [-0.05, 0) is 17.7 Å². The Balaban J connectivity index is 1.85. The van der Waals surface area contributed by atoms with E-state index in [4.69, 9.17) is 0 Å². The lowest BCUT2D eigenvalue weighted by Gasteiger charge is -2.22. The standard InChI is InChI=1S/C17H17N3O2/c21-11-10-20(13-14-4-2-1-3-5-14)17(22)15-6-8-19-9-7-18-16(19)12-15/h1-9,12,21H,10-11,13H2. The highest BCUT2D eigenvalue weighted by molar-refractivity contribution is 5.95. The summed E-state index contributed by atoms with van der Waals surface area (Å²) in [5, 5.41) is 9.24. The van der Waals surface area contributed by atoms with E-state index in [0.717, 1.165) is 11.2 Å². The van der Waals surface area contributed by atoms with Crippen molar-refractivity contribution in [1.29, 1.82) is 0 Å². The number of nitrogens with zero attached hydrogens (tertiary/aromatic N) is 3. The molecule has 2 aromatic heterocycles. The molecule has 5 nitrogen and oxygen atoms in total. The van der Waals surface area contributed by atoms with Crippen LogP contribution >= 0.6 is 0 Å². The third-order valence-electron chi connectivity index (χ3n) is 3.52. The van der Waals surface area contributed by atoms with Gasteiger partial charge in [-0.25, -0.2) is 4.98 Å². The second kappa shape index (κ2) is 6.41. The zero-order valence-corrected chi connectivity index (χ0v) is 12.1. The third kappa shape index (κ3) is 2.99. The first kappa shape index (κ1) is 14.3. The molecule has 22 heavy (non-hydrogen) atoms. The Hall–Kier alpha value is -2.66. The van der Waals surface area contributed by atoms with Crippen molar-refractivity contribution in [2.45, 2.75) is 6.54 Å². The predicted octanol–water partition coefficient (Wildman–Crippen LogP) is 1.97. The zero-order chi connectivity index (χ0) is 15.4. The highest BCUT2D eigenvalue weighted by Gasteiger charge is 2.16. The molecule has 2 heterocycles. The van der Waals surface area contributed by atoms with Crippen molar-refractivity contribution >= 4 is 11.6 Å². The van der Waals surface area contributed by atoms with Crippen LogP contribution in [0.5, 0.6) is 0 Å². The number of amides is 1. The van der Waals surface area contributed by atoms with E-state index in [9.17, 15) is 9.90 Å². The lowest BCUT2D eigenvalue weighted by molar-refractivity contribution is 0.0708. The highest BCUT2D eigenvalue weighted by atomic mass is 16.3. The molecule has 0 spiro atoms. The molecule has 0 aliphatic heterocycles. The molecule has 0 saturated heterocycles. The predicted molar refractivity (Wildman–Crippen MR) is 83.5 cm³/mol. The minimum absolute atomic E-state index is 0.0653. The largest absolute Gasteiger partial charge is 0.395 e. The Morgan fingerprint density at radius 3 is 2.77 bits per heavy atom. The number of pyridine rings is 1. The Morgan fingerprint density at radius 1 is 1.18 bits per heavy atom. The highest BCUT2D eigenvalue weighted by Crippen LogP contribution is 2.12. The molecule has 112 valence electrons. The third-order valence-corrected chi connectivity index (χ3v) is 3.52. The van der Waals surface area contributed by atoms with Gasteiger partial charge in [0.25, 0.3) is 5.91 Å². The molecule has 0 saturated carbocycles. The summed E-state index contributed by atoms with van der Waals surface area (Å²) in [6, 6.07) is 13.3. The van der Waals surface area contributed by atoms with Crippen molar-refractivity contribution in [3.63, 3.8) is 0 Å². The van der Waals surface area contributed by atoms with Gasteiger partial charge in [-0.1, -0.05) is 30.3 Å². The van der Waals surface area contributed by atoms with Gasteiger partial charge in [0.1, 0.15) is 5.65 Å². The first-order chi connectivity index (χ1) is 10.8. The summed E-state index contributed by atoms with van der Waals surface area (Å²) in [7, 11) is 0. The molecule has 0 unspecified atom stereocenters. The molecule has 1 N–H and O–H groups in total. The van der Waals surface area contributed by atoms with Gasteiger partial charge < -0.3 is 14.4 Å². The molecule has 5 heteroatoms. The first-order valence-electron chi connectivity index (χ1n) is 7.15. The SMILES string of the molecule is O=C(c1ccn2ccnc2c1)N(CCO)Cc1ccccc1. The van der Waals surface area contributed by atoms with Crippen LogP contribution < -0.4 is 0 Å². The van der Waals surface area contributed by atoms with Crippen molar-refractivity contribution in [2.75, 3.05) is 13.2 Å². The van der Waals surface area contributed by atoms with Gasteiger partial charge in [0, 0.05) is 37.2 Å². The molecule has 1 aromatic carbocycles. The van der Waals surface area contributed by atoms with Crippen LogP contribution in [0, 0.1) is 0 Å². The minimum Gasteiger partial charge on any atom is -0.395 e. The molecule has 0 aliphatic carbocycles. The summed E-state index contributed by atoms with van der Waals surface area (Å²) >= 11 is 0. The number of benzene rings is 1. The van der Waals surface area contributed by atoms with Crippen LogP contribution in [0.15, 0.2) is 61.1 Å². The lowest BCUT2D eigenvalue weighted by atomic mass is 10.2. The zero-order valence-electron chi connectivity index (χ0n) is 12.1. The van der Waals surface area contributed by atoms with Gasteiger partial charge in [-0.3, -0.25) is 4.79 Å². The number of rotatable bonds is 5. The maximum Gasteiger partial charge on any atom is 0.254 e. The minimum atomic E-state index is -0.108. The van der Waals surface area contributed by atoms with E-state index < -0.39 is 0 Å². The lowest BCUT2D eigenvalue weighted by Crippen LogP contribution is -2.33. The number of carbonyl (C=O) groups excluding carboxylic acids is 1. The average Bonchev–Trinajstić information content (AvgIpc) is 3.02. The molecule has 0 fully saturated rings. The fourth-order valence-electron chi connectivity index (χ4n) is 2.40. The second-order valence-corrected chi connectivity index (χ2v) is 5.04. The van der Waals surface area contributed by atoms with Crippen LogP contribution in [0.3, 0.4) is 0 Å². The van der Waals surface area contributed by atoms with Crippen LogP contribution in [0.4, 0.5) is 0 Å². The molecule has 0 atom stereocenters. The fourth-order valence-corrected chi connectivity index (χ4v) is 2.40. The van der Waals surface area contributed by atoms with Crippen molar-refractivity contribution < 1.29 is 9.90 Å². The topological polar surface area (TPSA) is 57.8 Å². The monoisotopic (exact) mass is 295 g/mol. The number of imidazole rings is 1. The fraction of sp³-hybridized carbons (Fsp3) is 0.176. The Morgan fingerprint density at radius 2 is 2.00 bits per heavy atom. The summed E-state index contributed by atoms with van der Waals surface area (Å²) in [4.78, 5) is 18.5. The summed E-state index contributed by atoms with van der Waals surface area (Å²) in [5.41, 5.74) is 2.34. The van der Waals surface area contributed by atoms with Crippen LogP contribution in [-0.4, -0.2) is 38.4 Å². The van der Waals surface area contributed by atoms with Crippen LogP contribution in [-0.2, 0) is 6.54 Å². The number of fused-ring (bicyclic) bond motifs is 1. The maximum absolute atomic E-state index is 12.7. The smallest absolute Gasteiger partial charge is 0.254 e. The summed E-state index contributed by atoms with van der Waals surface area (Å²) in [6.07, 6.45) is 5.34. The van der Waals surface area contributed by atoms with Gasteiger partial charge in [0.05, 0.1) is 6.61 Å². The second-order valence-electron chi connectivity index (χ2n) is 5.04. The van der Waals surface area contributed by atoms with E-state index in [0.29, 0.717) is 18.7 Å². The number of hydrogen-bond acceptors (Lipinski definition) is 3. The first-order valence-corrected chi connectivity index (χ1v) is 7.15. The van der Waals surface area contributed by atoms with E-state index in [1.54, 1.807) is 23.2 Å². The molecular formula is C17H17N3O2. The number of carbonyl (C=O) groups is 1. The molecule has 0 radical (unpaired) electrons. The number of aliphatic hydroxyl groups excluding tert-OH is 1. The van der Waals surface area contributed by atoms with Crippen molar-refractivity contribution in [2.24, 2.45) is 0 Å². The van der Waals surface area contributed by atoms with Crippen molar-refractivity contribution in [3.8, 4) is 0 Å². The van der Waals surface area contributed by atoms with Crippen LogP contribution in [0.2, 0.25) is 0 Å². The average molecular weight is 295 g/mol. The number of aliphatic hydroxyl groups is 1. The van der Waals surface area contributed by atoms with E-state index in [2.05, 4.69) is 4.98 Å². The molecule has 0 bridgehead atoms. The molecule has 1 amide bonds. The Labute approximate surface area is 128 Å². The Bertz CT molecular complexity index is 768. The molecule has 3 aromatic rings. The van der Waals surface area contributed by atoms with E-state index in [-0.39, 0.29) is 12.5 Å². The van der Waals surface area contributed by atoms with E-state index in [1.165, 1.54) is 0 Å². The summed E-state index contributed by atoms with van der Waals surface area (Å²) < 4.78 is 1.85. The van der Waals surface area contributed by atoms with Gasteiger partial charge >= 0.3 is 0 Å². The van der Waals surface area contributed by atoms with Gasteiger partial charge in [-0.2, -0.15) is 0 Å². The molecule has 3 rings (SSSR count). The quantitative estimate of drug-likeness (QED) is 0.783. The molecule has 0 aliphatic rings. The van der Waals surface area contributed by atoms with E-state index in [1.807, 2.05) is 47.1 Å².